The van der Waals surface area contributed by atoms with Gasteiger partial charge >= 0.3 is 5.97 Å². The molecule has 7 nitrogen and oxygen atoms in total. The zero-order valence-electron chi connectivity index (χ0n) is 26.6. The normalized spacial score (nSPS) is 24.7. The van der Waals surface area contributed by atoms with Crippen molar-refractivity contribution in [3.05, 3.63) is 112 Å². The van der Waals surface area contributed by atoms with E-state index in [0.717, 1.165) is 51.0 Å². The molecule has 2 aromatic carbocycles. The van der Waals surface area contributed by atoms with Crippen LogP contribution < -0.4 is 11.1 Å². The molecule has 0 aliphatic heterocycles. The van der Waals surface area contributed by atoms with Crippen LogP contribution in [0.15, 0.2) is 89.9 Å². The van der Waals surface area contributed by atoms with Crippen molar-refractivity contribution >= 4 is 11.5 Å². The van der Waals surface area contributed by atoms with E-state index in [0.29, 0.717) is 30.7 Å². The number of aliphatic hydroxyl groups excluding tert-OH is 1. The Bertz CT molecular complexity index is 1610. The average Bonchev–Trinajstić information content (AvgIpc) is 2.95. The number of benzene rings is 2. The van der Waals surface area contributed by atoms with E-state index < -0.39 is 11.6 Å². The molecule has 7 heteroatoms. The van der Waals surface area contributed by atoms with Crippen LogP contribution in [0.1, 0.15) is 42.5 Å². The Morgan fingerprint density at radius 2 is 1.84 bits per heavy atom. The third-order valence-corrected chi connectivity index (χ3v) is 9.78. The number of hydrogen-bond donors (Lipinski definition) is 4. The molecule has 0 amide bonds. The van der Waals surface area contributed by atoms with Crippen LogP contribution in [0.2, 0.25) is 0 Å². The fraction of sp³-hybridized carbons (Fsp3) is 0.378. The zero-order chi connectivity index (χ0) is 32.1. The van der Waals surface area contributed by atoms with Crippen molar-refractivity contribution in [2.75, 3.05) is 27.2 Å². The quantitative estimate of drug-likeness (QED) is 0.305. The highest BCUT2D eigenvalue weighted by Crippen LogP contribution is 2.58. The first-order valence-corrected chi connectivity index (χ1v) is 15.3. The molecule has 0 heterocycles. The molecule has 0 fully saturated rings. The number of ether oxygens (including phenoxy) is 1. The van der Waals surface area contributed by atoms with Crippen LogP contribution in [-0.4, -0.2) is 60.0 Å². The topological polar surface area (TPSA) is 108 Å². The highest BCUT2D eigenvalue weighted by molar-refractivity contribution is 5.89. The Morgan fingerprint density at radius 1 is 1.16 bits per heavy atom. The number of rotatable bonds is 8. The molecule has 0 saturated carbocycles. The Balaban J connectivity index is 1.53. The number of likely N-dealkylation sites (N-methyl/N-ethyl adjacent to an activating group) is 1. The zero-order valence-corrected chi connectivity index (χ0v) is 26.6. The molecule has 232 valence electrons. The van der Waals surface area contributed by atoms with E-state index >= 15 is 0 Å². The maximum absolute atomic E-state index is 12.5. The largest absolute Gasteiger partial charge is 0.510 e. The number of carbonyl (C=O) groups excluding carboxylic acids is 1. The first-order chi connectivity index (χ1) is 20.8. The summed E-state index contributed by atoms with van der Waals surface area (Å²) >= 11 is 0. The smallest absolute Gasteiger partial charge is 0.319 e. The van der Waals surface area contributed by atoms with Gasteiger partial charge in [0.15, 0.2) is 0 Å². The SMILES string of the molecule is C=C(N)C1=C(O)[C@H](N(C)C)[C@@H]2C[C@@H]3Cc4c(-c5ccc(CNCC(=O)OCC)cc5)ccc(C)c4C(=C)C3=C(C)[C@]2(O)C1=C. The number of hydrogen-bond acceptors (Lipinski definition) is 7. The van der Waals surface area contributed by atoms with E-state index in [2.05, 4.69) is 68.4 Å². The molecule has 0 radical (unpaired) electrons. The van der Waals surface area contributed by atoms with Gasteiger partial charge in [0.2, 0.25) is 0 Å². The molecule has 0 unspecified atom stereocenters. The summed E-state index contributed by atoms with van der Waals surface area (Å²) in [4.78, 5) is 13.6. The van der Waals surface area contributed by atoms with E-state index in [1.165, 1.54) is 5.56 Å². The minimum atomic E-state index is -1.40. The van der Waals surface area contributed by atoms with Gasteiger partial charge < -0.3 is 26.0 Å². The van der Waals surface area contributed by atoms with Gasteiger partial charge in [-0.3, -0.25) is 9.69 Å². The molecule has 0 saturated heterocycles. The van der Waals surface area contributed by atoms with Crippen molar-refractivity contribution in [3.8, 4) is 11.1 Å². The fourth-order valence-electron chi connectivity index (χ4n) is 7.87. The third-order valence-electron chi connectivity index (χ3n) is 9.78. The minimum Gasteiger partial charge on any atom is -0.510 e. The van der Waals surface area contributed by atoms with Crippen LogP contribution in [-0.2, 0) is 22.5 Å². The molecule has 4 atom stereocenters. The van der Waals surface area contributed by atoms with Crippen LogP contribution >= 0.6 is 0 Å². The number of nitrogens with one attached hydrogen (secondary N) is 1. The van der Waals surface area contributed by atoms with Gasteiger partial charge in [0, 0.05) is 23.7 Å². The molecule has 3 aliphatic rings. The van der Waals surface area contributed by atoms with Crippen molar-refractivity contribution in [2.45, 2.75) is 51.8 Å². The number of fused-ring (bicyclic) bond motifs is 3. The van der Waals surface area contributed by atoms with E-state index in [4.69, 9.17) is 10.5 Å². The molecule has 44 heavy (non-hydrogen) atoms. The first-order valence-electron chi connectivity index (χ1n) is 15.3. The van der Waals surface area contributed by atoms with Gasteiger partial charge in [0.1, 0.15) is 11.4 Å². The van der Waals surface area contributed by atoms with E-state index in [9.17, 15) is 15.0 Å². The number of allylic oxidation sites excluding steroid dienone is 3. The average molecular weight is 596 g/mol. The number of carbonyl (C=O) groups is 1. The summed E-state index contributed by atoms with van der Waals surface area (Å²) in [5.41, 5.74) is 15.4. The summed E-state index contributed by atoms with van der Waals surface area (Å²) in [6.45, 7) is 19.8. The number of nitrogens with zero attached hydrogens (tertiary/aromatic N) is 1. The van der Waals surface area contributed by atoms with E-state index in [1.54, 1.807) is 6.92 Å². The summed E-state index contributed by atoms with van der Waals surface area (Å²) in [5, 5.41) is 27.1. The van der Waals surface area contributed by atoms with Gasteiger partial charge in [-0.2, -0.15) is 0 Å². The maximum atomic E-state index is 12.5. The minimum absolute atomic E-state index is 0.109. The first kappa shape index (κ1) is 31.5. The second kappa shape index (κ2) is 11.9. The van der Waals surface area contributed by atoms with Crippen LogP contribution in [0, 0.1) is 18.8 Å². The predicted molar refractivity (Wildman–Crippen MR) is 177 cm³/mol. The maximum Gasteiger partial charge on any atom is 0.319 e. The highest BCUT2D eigenvalue weighted by Gasteiger charge is 2.57. The lowest BCUT2D eigenvalue weighted by atomic mass is 9.55. The molecule has 0 spiro atoms. The number of nitrogens with two attached hydrogens (primary N) is 1. The Hall–Kier alpha value is -3.91. The Kier molecular flexibility index (Phi) is 8.51. The van der Waals surface area contributed by atoms with Gasteiger partial charge in [0.25, 0.3) is 0 Å². The summed E-state index contributed by atoms with van der Waals surface area (Å²) < 4.78 is 4.99. The van der Waals surface area contributed by atoms with Gasteiger partial charge in [-0.25, -0.2) is 0 Å². The summed E-state index contributed by atoms with van der Waals surface area (Å²) in [7, 11) is 3.82. The van der Waals surface area contributed by atoms with Crippen molar-refractivity contribution in [2.24, 2.45) is 17.6 Å². The number of aliphatic hydroxyl groups is 2. The highest BCUT2D eigenvalue weighted by atomic mass is 16.5. The van der Waals surface area contributed by atoms with E-state index in [-0.39, 0.29) is 35.8 Å². The predicted octanol–water partition coefficient (Wildman–Crippen LogP) is 5.35. The van der Waals surface area contributed by atoms with E-state index in [1.807, 2.05) is 25.9 Å². The second-order valence-corrected chi connectivity index (χ2v) is 12.6. The van der Waals surface area contributed by atoms with Gasteiger partial charge in [-0.05, 0) is 109 Å². The van der Waals surface area contributed by atoms with Crippen molar-refractivity contribution in [1.29, 1.82) is 0 Å². The van der Waals surface area contributed by atoms with Gasteiger partial charge in [-0.1, -0.05) is 56.1 Å². The summed E-state index contributed by atoms with van der Waals surface area (Å²) in [6.07, 6.45) is 1.44. The summed E-state index contributed by atoms with van der Waals surface area (Å²) in [5.74, 6) is -0.364. The summed E-state index contributed by atoms with van der Waals surface area (Å²) in [6, 6.07) is 12.3. The van der Waals surface area contributed by atoms with Crippen molar-refractivity contribution in [1.82, 2.24) is 10.2 Å². The van der Waals surface area contributed by atoms with Gasteiger partial charge in [0.05, 0.1) is 19.2 Å². The standard InChI is InChI=1S/C37H45N3O4/c1-9-44-31(41)19-39-18-25-11-13-26(14-12-25)28-15-10-20(2)32-21(3)33-22(4)37(43)23(5)34(24(6)38)36(42)35(40(7)8)30(37)17-27(33)16-29(28)32/h10-15,27,30,35,39,42-43H,3,5-6,9,16-19,38H2,1-2,4,7-8H3/t27-,30-,35+,37-/m0/s1. The molecular weight excluding hydrogens is 550 g/mol. The van der Waals surface area contributed by atoms with Gasteiger partial charge in [-0.15, -0.1) is 0 Å². The molecular formula is C37H45N3O4. The monoisotopic (exact) mass is 595 g/mol. The Labute approximate surface area is 261 Å². The molecule has 0 bridgehead atoms. The van der Waals surface area contributed by atoms with Crippen molar-refractivity contribution < 1.29 is 19.7 Å². The molecule has 5 rings (SSSR count). The lowest BCUT2D eigenvalue weighted by molar-refractivity contribution is -0.142. The fourth-order valence-corrected chi connectivity index (χ4v) is 7.87. The molecule has 2 aromatic rings. The van der Waals surface area contributed by atoms with Crippen LogP contribution in [0.4, 0.5) is 0 Å². The third kappa shape index (κ3) is 5.03. The van der Waals surface area contributed by atoms with Crippen LogP contribution in [0.5, 0.6) is 0 Å². The number of esters is 1. The molecule has 5 N–H and O–H groups in total. The number of aryl methyl sites for hydroxylation is 1. The van der Waals surface area contributed by atoms with Crippen LogP contribution in [0.3, 0.4) is 0 Å². The molecule has 3 aliphatic carbocycles. The van der Waals surface area contributed by atoms with Crippen molar-refractivity contribution in [3.63, 3.8) is 0 Å². The Morgan fingerprint density at radius 3 is 2.45 bits per heavy atom. The lowest BCUT2D eigenvalue weighted by Gasteiger charge is -2.54. The lowest BCUT2D eigenvalue weighted by Crippen LogP contribution is -2.58. The van der Waals surface area contributed by atoms with Crippen LogP contribution in [0.25, 0.3) is 16.7 Å². The second-order valence-electron chi connectivity index (χ2n) is 12.6. The molecule has 0 aromatic heterocycles.